The van der Waals surface area contributed by atoms with Crippen molar-refractivity contribution >= 4 is 0 Å². The van der Waals surface area contributed by atoms with Crippen LogP contribution in [0.1, 0.15) is 18.1 Å². The van der Waals surface area contributed by atoms with E-state index < -0.39 is 0 Å². The molecule has 0 spiro atoms. The fraction of sp³-hybridized carbons (Fsp3) is 0.250. The topological polar surface area (TPSA) is 35.2 Å². The molecule has 0 saturated carbocycles. The molecular weight excluding hydrogens is 241 g/mol. The minimum atomic E-state index is -0.319. The molecule has 0 amide bonds. The quantitative estimate of drug-likeness (QED) is 0.906. The van der Waals surface area contributed by atoms with Crippen molar-refractivity contribution in [1.82, 2.24) is 0 Å². The molecule has 0 aromatic heterocycles. The van der Waals surface area contributed by atoms with E-state index >= 15 is 0 Å². The first kappa shape index (κ1) is 13.6. The van der Waals surface area contributed by atoms with Crippen LogP contribution in [0.25, 0.3) is 0 Å². The lowest BCUT2D eigenvalue weighted by Crippen LogP contribution is -2.17. The highest BCUT2D eigenvalue weighted by atomic mass is 19.1. The van der Waals surface area contributed by atoms with Crippen LogP contribution in [0.15, 0.2) is 42.5 Å². The van der Waals surface area contributed by atoms with Crippen LogP contribution in [0.5, 0.6) is 11.5 Å². The van der Waals surface area contributed by atoms with Crippen LogP contribution in [-0.4, -0.2) is 6.04 Å². The molecule has 0 saturated heterocycles. The molecule has 2 nitrogen and oxygen atoms in total. The van der Waals surface area contributed by atoms with Crippen molar-refractivity contribution in [1.29, 1.82) is 0 Å². The number of hydrogen-bond donors (Lipinski definition) is 1. The van der Waals surface area contributed by atoms with Gasteiger partial charge in [-0.2, -0.15) is 0 Å². The second kappa shape index (κ2) is 5.85. The number of rotatable bonds is 4. The number of aryl methyl sites for hydroxylation is 1. The van der Waals surface area contributed by atoms with Gasteiger partial charge >= 0.3 is 0 Å². The van der Waals surface area contributed by atoms with Crippen molar-refractivity contribution in [3.63, 3.8) is 0 Å². The lowest BCUT2D eigenvalue weighted by atomic mass is 10.1. The number of halogens is 1. The van der Waals surface area contributed by atoms with Crippen LogP contribution >= 0.6 is 0 Å². The third-order valence-corrected chi connectivity index (χ3v) is 2.84. The number of benzene rings is 2. The first-order valence-corrected chi connectivity index (χ1v) is 6.34. The molecule has 2 N–H and O–H groups in total. The largest absolute Gasteiger partial charge is 0.454 e. The van der Waals surface area contributed by atoms with Crippen LogP contribution in [0.3, 0.4) is 0 Å². The van der Waals surface area contributed by atoms with Gasteiger partial charge < -0.3 is 10.5 Å². The standard InChI is InChI=1S/C16H18FNO/c1-11-5-3-8-15(16(11)17)19-14-7-4-6-13(10-14)9-12(2)18/h3-8,10,12H,9,18H2,1-2H3. The summed E-state index contributed by atoms with van der Waals surface area (Å²) in [7, 11) is 0. The second-order valence-corrected chi connectivity index (χ2v) is 4.82. The molecule has 2 rings (SSSR count). The van der Waals surface area contributed by atoms with Crippen LogP contribution < -0.4 is 10.5 Å². The lowest BCUT2D eigenvalue weighted by Gasteiger charge is -2.10. The SMILES string of the molecule is Cc1cccc(Oc2cccc(CC(C)N)c2)c1F. The molecule has 3 heteroatoms. The second-order valence-electron chi connectivity index (χ2n) is 4.82. The van der Waals surface area contributed by atoms with Gasteiger partial charge in [-0.3, -0.25) is 0 Å². The van der Waals surface area contributed by atoms with Gasteiger partial charge in [0.1, 0.15) is 5.75 Å². The Kier molecular flexibility index (Phi) is 4.17. The number of hydrogen-bond acceptors (Lipinski definition) is 2. The van der Waals surface area contributed by atoms with E-state index in [0.717, 1.165) is 12.0 Å². The molecule has 1 unspecified atom stereocenters. The molecule has 1 atom stereocenters. The van der Waals surface area contributed by atoms with Gasteiger partial charge in [-0.15, -0.1) is 0 Å². The van der Waals surface area contributed by atoms with Crippen molar-refractivity contribution in [2.75, 3.05) is 0 Å². The van der Waals surface area contributed by atoms with Gasteiger partial charge in [0.25, 0.3) is 0 Å². The minimum absolute atomic E-state index is 0.0888. The Bertz CT molecular complexity index is 566. The summed E-state index contributed by atoms with van der Waals surface area (Å²) in [6, 6.07) is 12.8. The van der Waals surface area contributed by atoms with E-state index in [2.05, 4.69) is 0 Å². The molecule has 19 heavy (non-hydrogen) atoms. The molecule has 2 aromatic carbocycles. The van der Waals surface area contributed by atoms with Crippen LogP contribution in [0.4, 0.5) is 4.39 Å². The van der Waals surface area contributed by atoms with Crippen molar-refractivity contribution in [2.24, 2.45) is 5.73 Å². The third kappa shape index (κ3) is 3.55. The Hall–Kier alpha value is -1.87. The van der Waals surface area contributed by atoms with Gasteiger partial charge in [-0.25, -0.2) is 4.39 Å². The zero-order valence-electron chi connectivity index (χ0n) is 11.2. The van der Waals surface area contributed by atoms with Gasteiger partial charge in [0.05, 0.1) is 0 Å². The fourth-order valence-corrected chi connectivity index (χ4v) is 1.93. The van der Waals surface area contributed by atoms with Gasteiger partial charge in [0.15, 0.2) is 11.6 Å². The molecule has 0 fully saturated rings. The van der Waals surface area contributed by atoms with Gasteiger partial charge in [0.2, 0.25) is 0 Å². The Balaban J connectivity index is 2.21. The van der Waals surface area contributed by atoms with Crippen LogP contribution in [-0.2, 0) is 6.42 Å². The molecule has 2 aromatic rings. The minimum Gasteiger partial charge on any atom is -0.454 e. The first-order valence-electron chi connectivity index (χ1n) is 6.34. The predicted octanol–water partition coefficient (Wildman–Crippen LogP) is 3.82. The Morgan fingerprint density at radius 1 is 1.21 bits per heavy atom. The first-order chi connectivity index (χ1) is 9.06. The highest BCUT2D eigenvalue weighted by molar-refractivity contribution is 5.37. The molecule has 100 valence electrons. The highest BCUT2D eigenvalue weighted by Gasteiger charge is 2.07. The number of ether oxygens (including phenoxy) is 1. The molecule has 0 aliphatic carbocycles. The molecule has 0 aliphatic rings. The third-order valence-electron chi connectivity index (χ3n) is 2.84. The van der Waals surface area contributed by atoms with E-state index in [1.807, 2.05) is 31.2 Å². The maximum Gasteiger partial charge on any atom is 0.168 e. The van der Waals surface area contributed by atoms with Gasteiger partial charge in [-0.05, 0) is 49.6 Å². The van der Waals surface area contributed by atoms with E-state index in [0.29, 0.717) is 11.3 Å². The summed E-state index contributed by atoms with van der Waals surface area (Å²) in [4.78, 5) is 0. The van der Waals surface area contributed by atoms with Crippen molar-refractivity contribution in [2.45, 2.75) is 26.3 Å². The fourth-order valence-electron chi connectivity index (χ4n) is 1.93. The Labute approximate surface area is 113 Å². The number of nitrogens with two attached hydrogens (primary N) is 1. The smallest absolute Gasteiger partial charge is 0.168 e. The van der Waals surface area contributed by atoms with Crippen molar-refractivity contribution in [3.05, 3.63) is 59.4 Å². The summed E-state index contributed by atoms with van der Waals surface area (Å²) in [5, 5.41) is 0. The van der Waals surface area contributed by atoms with E-state index in [1.54, 1.807) is 25.1 Å². The highest BCUT2D eigenvalue weighted by Crippen LogP contribution is 2.26. The summed E-state index contributed by atoms with van der Waals surface area (Å²) in [5.41, 5.74) is 7.43. The van der Waals surface area contributed by atoms with Crippen LogP contribution in [0.2, 0.25) is 0 Å². The zero-order valence-corrected chi connectivity index (χ0v) is 11.2. The predicted molar refractivity (Wildman–Crippen MR) is 75.0 cm³/mol. The zero-order chi connectivity index (χ0) is 13.8. The molecule has 0 aliphatic heterocycles. The normalized spacial score (nSPS) is 12.2. The average Bonchev–Trinajstić information content (AvgIpc) is 2.35. The van der Waals surface area contributed by atoms with Crippen LogP contribution in [0, 0.1) is 12.7 Å². The maximum absolute atomic E-state index is 13.9. The van der Waals surface area contributed by atoms with Crippen molar-refractivity contribution in [3.8, 4) is 11.5 Å². The molecule has 0 heterocycles. The summed E-state index contributed by atoms with van der Waals surface area (Å²) in [6.07, 6.45) is 0.771. The Morgan fingerprint density at radius 3 is 2.68 bits per heavy atom. The van der Waals surface area contributed by atoms with E-state index in [4.69, 9.17) is 10.5 Å². The Morgan fingerprint density at radius 2 is 1.95 bits per heavy atom. The van der Waals surface area contributed by atoms with Gasteiger partial charge in [-0.1, -0.05) is 24.3 Å². The van der Waals surface area contributed by atoms with Gasteiger partial charge in [0, 0.05) is 6.04 Å². The summed E-state index contributed by atoms with van der Waals surface area (Å²) in [6.45, 7) is 3.67. The maximum atomic E-state index is 13.9. The van der Waals surface area contributed by atoms with E-state index in [-0.39, 0.29) is 17.6 Å². The summed E-state index contributed by atoms with van der Waals surface area (Å²) in [5.74, 6) is 0.556. The van der Waals surface area contributed by atoms with E-state index in [1.165, 1.54) is 0 Å². The molecular formula is C16H18FNO. The van der Waals surface area contributed by atoms with E-state index in [9.17, 15) is 4.39 Å². The molecule has 0 bridgehead atoms. The molecule has 0 radical (unpaired) electrons. The monoisotopic (exact) mass is 259 g/mol. The van der Waals surface area contributed by atoms with Crippen molar-refractivity contribution < 1.29 is 9.13 Å². The lowest BCUT2D eigenvalue weighted by molar-refractivity contribution is 0.439. The average molecular weight is 259 g/mol. The summed E-state index contributed by atoms with van der Waals surface area (Å²) < 4.78 is 19.4. The summed E-state index contributed by atoms with van der Waals surface area (Å²) >= 11 is 0.